The summed E-state index contributed by atoms with van der Waals surface area (Å²) in [6.07, 6.45) is 5.25. The van der Waals surface area contributed by atoms with Gasteiger partial charge < -0.3 is 11.1 Å². The van der Waals surface area contributed by atoms with E-state index in [1.165, 1.54) is 0 Å². The molecule has 0 radical (unpaired) electrons. The number of nitrogens with one attached hydrogen (secondary N) is 1. The molecule has 4 nitrogen and oxygen atoms in total. The Morgan fingerprint density at radius 3 is 2.73 bits per heavy atom. The van der Waals surface area contributed by atoms with Crippen molar-refractivity contribution in [1.82, 2.24) is 15.1 Å². The highest BCUT2D eigenvalue weighted by Gasteiger charge is 2.34. The first-order valence-electron chi connectivity index (χ1n) is 9.09. The van der Waals surface area contributed by atoms with Gasteiger partial charge in [0.2, 0.25) is 5.92 Å². The van der Waals surface area contributed by atoms with Gasteiger partial charge in [-0.25, -0.2) is 8.78 Å². The second kappa shape index (κ2) is 7.48. The molecule has 1 aliphatic rings. The van der Waals surface area contributed by atoms with E-state index in [0.29, 0.717) is 24.9 Å². The molecule has 0 aliphatic heterocycles. The minimum atomic E-state index is -2.51. The fourth-order valence-corrected chi connectivity index (χ4v) is 3.38. The maximum Gasteiger partial charge on any atom is 0.248 e. The first-order chi connectivity index (χ1) is 12.4. The summed E-state index contributed by atoms with van der Waals surface area (Å²) in [6, 6.07) is 5.99. The van der Waals surface area contributed by atoms with Crippen LogP contribution in [0.3, 0.4) is 0 Å². The molecule has 0 spiro atoms. The Hall–Kier alpha value is -2.37. The standard InChI is InChI=1S/C20H26F2N4/c1-3-26-13-17(12-24-26)15-4-5-19(23)16(11-15)10-14(2)25-18-6-8-20(21,22)9-7-18/h4-5,11-13,18,25H,2-3,6-10,23H2,1H3. The van der Waals surface area contributed by atoms with Crippen LogP contribution in [0.15, 0.2) is 42.9 Å². The zero-order chi connectivity index (χ0) is 18.7. The van der Waals surface area contributed by atoms with E-state index in [0.717, 1.165) is 28.9 Å². The van der Waals surface area contributed by atoms with Gasteiger partial charge in [-0.2, -0.15) is 5.10 Å². The van der Waals surface area contributed by atoms with E-state index in [2.05, 4.69) is 17.0 Å². The van der Waals surface area contributed by atoms with Crippen LogP contribution >= 0.6 is 0 Å². The largest absolute Gasteiger partial charge is 0.398 e. The van der Waals surface area contributed by atoms with Crippen molar-refractivity contribution in [2.24, 2.45) is 0 Å². The van der Waals surface area contributed by atoms with Gasteiger partial charge in [0.05, 0.1) is 6.20 Å². The zero-order valence-electron chi connectivity index (χ0n) is 15.1. The molecule has 6 heteroatoms. The smallest absolute Gasteiger partial charge is 0.248 e. The highest BCUT2D eigenvalue weighted by atomic mass is 19.3. The Kier molecular flexibility index (Phi) is 5.30. The lowest BCUT2D eigenvalue weighted by molar-refractivity contribution is -0.0397. The van der Waals surface area contributed by atoms with Gasteiger partial charge in [-0.1, -0.05) is 12.6 Å². The molecule has 0 amide bonds. The summed E-state index contributed by atoms with van der Waals surface area (Å²) in [7, 11) is 0. The summed E-state index contributed by atoms with van der Waals surface area (Å²) in [5.41, 5.74) is 10.7. The van der Waals surface area contributed by atoms with Crippen LogP contribution in [0.1, 0.15) is 38.2 Å². The predicted molar refractivity (Wildman–Crippen MR) is 101 cm³/mol. The number of alkyl halides is 2. The van der Waals surface area contributed by atoms with Crippen molar-refractivity contribution in [1.29, 1.82) is 0 Å². The Balaban J connectivity index is 1.65. The lowest BCUT2D eigenvalue weighted by Crippen LogP contribution is -2.36. The molecule has 2 aromatic rings. The number of nitrogens with two attached hydrogens (primary N) is 1. The van der Waals surface area contributed by atoms with Crippen molar-refractivity contribution in [2.45, 2.75) is 57.5 Å². The number of hydrogen-bond donors (Lipinski definition) is 2. The van der Waals surface area contributed by atoms with E-state index in [-0.39, 0.29) is 18.9 Å². The molecule has 1 fully saturated rings. The van der Waals surface area contributed by atoms with Gasteiger partial charge in [0.1, 0.15) is 0 Å². The maximum atomic E-state index is 13.3. The number of nitrogens with zero attached hydrogens (tertiary/aromatic N) is 2. The SMILES string of the molecule is C=C(Cc1cc(-c2cnn(CC)c2)ccc1N)NC1CCC(F)(F)CC1. The topological polar surface area (TPSA) is 55.9 Å². The van der Waals surface area contributed by atoms with Crippen LogP contribution < -0.4 is 11.1 Å². The molecule has 1 saturated carbocycles. The highest BCUT2D eigenvalue weighted by Crippen LogP contribution is 2.33. The number of anilines is 1. The fourth-order valence-electron chi connectivity index (χ4n) is 3.38. The Morgan fingerprint density at radius 1 is 1.35 bits per heavy atom. The van der Waals surface area contributed by atoms with Gasteiger partial charge >= 0.3 is 0 Å². The van der Waals surface area contributed by atoms with Gasteiger partial charge in [-0.3, -0.25) is 4.68 Å². The Labute approximate surface area is 153 Å². The molecule has 1 aliphatic carbocycles. The van der Waals surface area contributed by atoms with Gasteiger partial charge in [0.15, 0.2) is 0 Å². The quantitative estimate of drug-likeness (QED) is 0.752. The molecule has 0 saturated heterocycles. The van der Waals surface area contributed by atoms with Crippen LogP contribution in [0.2, 0.25) is 0 Å². The van der Waals surface area contributed by atoms with E-state index in [1.807, 2.05) is 42.2 Å². The van der Waals surface area contributed by atoms with E-state index in [1.54, 1.807) is 0 Å². The van der Waals surface area contributed by atoms with Crippen LogP contribution in [0.25, 0.3) is 11.1 Å². The van der Waals surface area contributed by atoms with Gasteiger partial charge in [0, 0.05) is 55.0 Å². The van der Waals surface area contributed by atoms with Gasteiger partial charge in [-0.05, 0) is 43.0 Å². The number of allylic oxidation sites excluding steroid dienone is 1. The number of nitrogen functional groups attached to an aromatic ring is 1. The summed E-state index contributed by atoms with van der Waals surface area (Å²) in [4.78, 5) is 0. The first-order valence-corrected chi connectivity index (χ1v) is 9.09. The summed E-state index contributed by atoms with van der Waals surface area (Å²) in [6.45, 7) is 6.94. The molecule has 0 atom stereocenters. The second-order valence-electron chi connectivity index (χ2n) is 7.05. The molecule has 3 rings (SSSR count). The number of hydrogen-bond acceptors (Lipinski definition) is 3. The molecular weight excluding hydrogens is 334 g/mol. The number of halogens is 2. The third-order valence-electron chi connectivity index (χ3n) is 4.96. The average molecular weight is 360 g/mol. The molecule has 0 unspecified atom stereocenters. The minimum Gasteiger partial charge on any atom is -0.398 e. The van der Waals surface area contributed by atoms with Crippen LogP contribution in [0.4, 0.5) is 14.5 Å². The molecule has 1 aromatic heterocycles. The molecule has 0 bridgehead atoms. The van der Waals surface area contributed by atoms with Crippen molar-refractivity contribution in [3.63, 3.8) is 0 Å². The third kappa shape index (κ3) is 4.42. The van der Waals surface area contributed by atoms with Crippen LogP contribution in [-0.4, -0.2) is 21.7 Å². The zero-order valence-corrected chi connectivity index (χ0v) is 15.1. The highest BCUT2D eigenvalue weighted by molar-refractivity contribution is 5.67. The van der Waals surface area contributed by atoms with Crippen molar-refractivity contribution < 1.29 is 8.78 Å². The van der Waals surface area contributed by atoms with Crippen LogP contribution in [-0.2, 0) is 13.0 Å². The summed E-state index contributed by atoms with van der Waals surface area (Å²) < 4.78 is 28.4. The number of aryl methyl sites for hydroxylation is 1. The van der Waals surface area contributed by atoms with Crippen molar-refractivity contribution in [3.8, 4) is 11.1 Å². The molecular formula is C20H26F2N4. The fraction of sp³-hybridized carbons (Fsp3) is 0.450. The number of rotatable bonds is 6. The first kappa shape index (κ1) is 18.4. The van der Waals surface area contributed by atoms with E-state index < -0.39 is 5.92 Å². The molecule has 3 N–H and O–H groups in total. The molecule has 26 heavy (non-hydrogen) atoms. The normalized spacial score (nSPS) is 17.2. The van der Waals surface area contributed by atoms with Gasteiger partial charge in [-0.15, -0.1) is 0 Å². The average Bonchev–Trinajstić information content (AvgIpc) is 3.08. The summed E-state index contributed by atoms with van der Waals surface area (Å²) >= 11 is 0. The number of aromatic nitrogens is 2. The summed E-state index contributed by atoms with van der Waals surface area (Å²) in [5, 5.41) is 7.61. The Bertz CT molecular complexity index is 772. The molecule has 1 aromatic carbocycles. The molecule has 1 heterocycles. The van der Waals surface area contributed by atoms with Crippen LogP contribution in [0, 0.1) is 0 Å². The Morgan fingerprint density at radius 2 is 2.08 bits per heavy atom. The monoisotopic (exact) mass is 360 g/mol. The second-order valence-corrected chi connectivity index (χ2v) is 7.05. The predicted octanol–water partition coefficient (Wildman–Crippen LogP) is 4.38. The van der Waals surface area contributed by atoms with Crippen molar-refractivity contribution in [3.05, 3.63) is 48.4 Å². The minimum absolute atomic E-state index is 0.0585. The molecule has 140 valence electrons. The maximum absolute atomic E-state index is 13.3. The van der Waals surface area contributed by atoms with Crippen molar-refractivity contribution in [2.75, 3.05) is 5.73 Å². The van der Waals surface area contributed by atoms with Crippen molar-refractivity contribution >= 4 is 5.69 Å². The van der Waals surface area contributed by atoms with E-state index in [9.17, 15) is 8.78 Å². The van der Waals surface area contributed by atoms with E-state index >= 15 is 0 Å². The lowest BCUT2D eigenvalue weighted by atomic mass is 9.92. The van der Waals surface area contributed by atoms with Gasteiger partial charge in [0.25, 0.3) is 0 Å². The summed E-state index contributed by atoms with van der Waals surface area (Å²) in [5.74, 6) is -2.51. The third-order valence-corrected chi connectivity index (χ3v) is 4.96. The lowest BCUT2D eigenvalue weighted by Gasteiger charge is -2.30. The number of benzene rings is 1. The van der Waals surface area contributed by atoms with E-state index in [4.69, 9.17) is 5.73 Å². The van der Waals surface area contributed by atoms with Crippen LogP contribution in [0.5, 0.6) is 0 Å².